The molecule has 3 nitrogen and oxygen atoms in total. The molecule has 0 saturated heterocycles. The number of benzene rings is 2. The molecular weight excluding hydrogens is 252 g/mol. The lowest BCUT2D eigenvalue weighted by Crippen LogP contribution is -1.92. The minimum absolute atomic E-state index is 0.163. The molecule has 0 atom stereocenters. The second-order valence-corrected chi connectivity index (χ2v) is 4.29. The van der Waals surface area contributed by atoms with E-state index in [0.29, 0.717) is 23.7 Å². The lowest BCUT2D eigenvalue weighted by Gasteiger charge is -2.12. The first-order chi connectivity index (χ1) is 9.76. The molecule has 0 heterocycles. The number of phenolic OH excluding ortho intramolecular Hbond substituents is 1. The summed E-state index contributed by atoms with van der Waals surface area (Å²) in [4.78, 5) is 0. The van der Waals surface area contributed by atoms with Crippen molar-refractivity contribution in [3.8, 4) is 23.0 Å². The van der Waals surface area contributed by atoms with Crippen LogP contribution in [-0.2, 0) is 6.42 Å². The van der Waals surface area contributed by atoms with Crippen molar-refractivity contribution >= 4 is 0 Å². The van der Waals surface area contributed by atoms with E-state index in [1.165, 1.54) is 0 Å². The maximum atomic E-state index is 10.2. The van der Waals surface area contributed by atoms with Crippen LogP contribution in [-0.4, -0.2) is 12.2 Å². The SMILES string of the molecule is CC=CCc1cccc(Oc2ccccc2OC)c1O. The lowest BCUT2D eigenvalue weighted by atomic mass is 10.1. The van der Waals surface area contributed by atoms with Gasteiger partial charge in [0.05, 0.1) is 7.11 Å². The number of rotatable bonds is 5. The molecule has 0 aliphatic heterocycles. The van der Waals surface area contributed by atoms with Crippen LogP contribution in [0.3, 0.4) is 0 Å². The van der Waals surface area contributed by atoms with E-state index in [-0.39, 0.29) is 5.75 Å². The van der Waals surface area contributed by atoms with Crippen molar-refractivity contribution in [3.05, 3.63) is 60.2 Å². The molecule has 0 bridgehead atoms. The molecule has 0 aliphatic carbocycles. The van der Waals surface area contributed by atoms with Crippen LogP contribution in [0.25, 0.3) is 0 Å². The fourth-order valence-electron chi connectivity index (χ4n) is 1.88. The third-order valence-corrected chi connectivity index (χ3v) is 2.95. The standard InChI is InChI=1S/C17H18O3/c1-3-4-8-13-9-7-12-16(17(13)18)20-15-11-6-5-10-14(15)19-2/h3-7,9-12,18H,8H2,1-2H3. The highest BCUT2D eigenvalue weighted by Crippen LogP contribution is 2.37. The fourth-order valence-corrected chi connectivity index (χ4v) is 1.88. The number of allylic oxidation sites excluding steroid dienone is 2. The Hall–Kier alpha value is -2.42. The van der Waals surface area contributed by atoms with Crippen molar-refractivity contribution in [2.24, 2.45) is 0 Å². The topological polar surface area (TPSA) is 38.7 Å². The van der Waals surface area contributed by atoms with Crippen LogP contribution in [0.5, 0.6) is 23.0 Å². The van der Waals surface area contributed by atoms with Crippen molar-refractivity contribution in [1.29, 1.82) is 0 Å². The Kier molecular flexibility index (Phi) is 4.66. The predicted octanol–water partition coefficient (Wildman–Crippen LogP) is 4.31. The highest BCUT2D eigenvalue weighted by atomic mass is 16.5. The minimum Gasteiger partial charge on any atom is -0.504 e. The Morgan fingerprint density at radius 2 is 1.70 bits per heavy atom. The number of hydrogen-bond donors (Lipinski definition) is 1. The van der Waals surface area contributed by atoms with Crippen LogP contribution < -0.4 is 9.47 Å². The fraction of sp³-hybridized carbons (Fsp3) is 0.176. The van der Waals surface area contributed by atoms with Gasteiger partial charge in [0.25, 0.3) is 0 Å². The Morgan fingerprint density at radius 1 is 1.00 bits per heavy atom. The van der Waals surface area contributed by atoms with Crippen molar-refractivity contribution in [2.45, 2.75) is 13.3 Å². The van der Waals surface area contributed by atoms with Gasteiger partial charge in [-0.3, -0.25) is 0 Å². The van der Waals surface area contributed by atoms with Gasteiger partial charge in [-0.2, -0.15) is 0 Å². The summed E-state index contributed by atoms with van der Waals surface area (Å²) in [6, 6.07) is 12.8. The molecule has 0 unspecified atom stereocenters. The molecule has 2 aromatic carbocycles. The van der Waals surface area contributed by atoms with E-state index >= 15 is 0 Å². The van der Waals surface area contributed by atoms with Gasteiger partial charge in [0.1, 0.15) is 0 Å². The lowest BCUT2D eigenvalue weighted by molar-refractivity contribution is 0.365. The quantitative estimate of drug-likeness (QED) is 0.823. The summed E-state index contributed by atoms with van der Waals surface area (Å²) in [5, 5.41) is 10.2. The van der Waals surface area contributed by atoms with Gasteiger partial charge in [0, 0.05) is 5.56 Å². The summed E-state index contributed by atoms with van der Waals surface area (Å²) in [6.45, 7) is 1.95. The number of methoxy groups -OCH3 is 1. The number of phenols is 1. The van der Waals surface area contributed by atoms with Crippen LogP contribution >= 0.6 is 0 Å². The molecule has 2 rings (SSSR count). The van der Waals surface area contributed by atoms with Crippen molar-refractivity contribution in [1.82, 2.24) is 0 Å². The van der Waals surface area contributed by atoms with E-state index in [4.69, 9.17) is 9.47 Å². The zero-order chi connectivity index (χ0) is 14.4. The van der Waals surface area contributed by atoms with Gasteiger partial charge in [-0.15, -0.1) is 0 Å². The van der Waals surface area contributed by atoms with E-state index < -0.39 is 0 Å². The molecule has 104 valence electrons. The summed E-state index contributed by atoms with van der Waals surface area (Å²) in [7, 11) is 1.59. The second-order valence-electron chi connectivity index (χ2n) is 4.29. The predicted molar refractivity (Wildman–Crippen MR) is 79.7 cm³/mol. The first kappa shape index (κ1) is 14.0. The van der Waals surface area contributed by atoms with E-state index in [1.54, 1.807) is 19.2 Å². The van der Waals surface area contributed by atoms with Crippen molar-refractivity contribution < 1.29 is 14.6 Å². The minimum atomic E-state index is 0.163. The molecule has 20 heavy (non-hydrogen) atoms. The highest BCUT2D eigenvalue weighted by Gasteiger charge is 2.10. The van der Waals surface area contributed by atoms with Crippen LogP contribution in [0.15, 0.2) is 54.6 Å². The molecule has 0 saturated carbocycles. The Bertz CT molecular complexity index is 603. The first-order valence-corrected chi connectivity index (χ1v) is 6.49. The second kappa shape index (κ2) is 6.66. The van der Waals surface area contributed by atoms with Crippen LogP contribution in [0.1, 0.15) is 12.5 Å². The smallest absolute Gasteiger partial charge is 0.169 e. The molecule has 0 spiro atoms. The Morgan fingerprint density at radius 3 is 2.40 bits per heavy atom. The van der Waals surface area contributed by atoms with Gasteiger partial charge in [-0.25, -0.2) is 0 Å². The van der Waals surface area contributed by atoms with Gasteiger partial charge in [0.2, 0.25) is 0 Å². The van der Waals surface area contributed by atoms with Crippen LogP contribution in [0.2, 0.25) is 0 Å². The maximum absolute atomic E-state index is 10.2. The molecule has 2 aromatic rings. The highest BCUT2D eigenvalue weighted by molar-refractivity contribution is 5.50. The third kappa shape index (κ3) is 3.12. The first-order valence-electron chi connectivity index (χ1n) is 6.49. The Balaban J connectivity index is 2.29. The summed E-state index contributed by atoms with van der Waals surface area (Å²) in [6.07, 6.45) is 4.61. The van der Waals surface area contributed by atoms with Gasteiger partial charge in [-0.05, 0) is 31.5 Å². The maximum Gasteiger partial charge on any atom is 0.169 e. The van der Waals surface area contributed by atoms with Gasteiger partial charge in [-0.1, -0.05) is 36.4 Å². The van der Waals surface area contributed by atoms with Crippen LogP contribution in [0.4, 0.5) is 0 Å². The molecule has 0 aliphatic rings. The monoisotopic (exact) mass is 270 g/mol. The average Bonchev–Trinajstić information content (AvgIpc) is 2.48. The van der Waals surface area contributed by atoms with E-state index in [1.807, 2.05) is 49.4 Å². The van der Waals surface area contributed by atoms with Crippen molar-refractivity contribution in [3.63, 3.8) is 0 Å². The number of aromatic hydroxyl groups is 1. The van der Waals surface area contributed by atoms with Gasteiger partial charge >= 0.3 is 0 Å². The molecule has 0 radical (unpaired) electrons. The summed E-state index contributed by atoms with van der Waals surface area (Å²) >= 11 is 0. The average molecular weight is 270 g/mol. The summed E-state index contributed by atoms with van der Waals surface area (Å²) in [5.41, 5.74) is 0.829. The largest absolute Gasteiger partial charge is 0.504 e. The molecular formula is C17H18O3. The van der Waals surface area contributed by atoms with Gasteiger partial charge in [0.15, 0.2) is 23.0 Å². The normalized spacial score (nSPS) is 10.7. The number of ether oxygens (including phenoxy) is 2. The summed E-state index contributed by atoms with van der Waals surface area (Å²) < 4.78 is 11.0. The van der Waals surface area contributed by atoms with Crippen LogP contribution in [0, 0.1) is 0 Å². The van der Waals surface area contributed by atoms with E-state index in [9.17, 15) is 5.11 Å². The van der Waals surface area contributed by atoms with Gasteiger partial charge < -0.3 is 14.6 Å². The molecule has 0 fully saturated rings. The number of para-hydroxylation sites is 3. The molecule has 0 amide bonds. The van der Waals surface area contributed by atoms with E-state index in [0.717, 1.165) is 5.56 Å². The number of hydrogen-bond acceptors (Lipinski definition) is 3. The van der Waals surface area contributed by atoms with Crippen molar-refractivity contribution in [2.75, 3.05) is 7.11 Å². The third-order valence-electron chi connectivity index (χ3n) is 2.95. The zero-order valence-corrected chi connectivity index (χ0v) is 11.7. The molecule has 1 N–H and O–H groups in total. The molecule has 0 aromatic heterocycles. The zero-order valence-electron chi connectivity index (χ0n) is 11.7. The van der Waals surface area contributed by atoms with E-state index in [2.05, 4.69) is 0 Å². The molecule has 3 heteroatoms. The summed E-state index contributed by atoms with van der Waals surface area (Å²) in [5.74, 6) is 1.80. The Labute approximate surface area is 119 Å².